The van der Waals surface area contributed by atoms with Crippen molar-refractivity contribution in [1.82, 2.24) is 10.1 Å². The minimum atomic E-state index is -1.17. The Balaban J connectivity index is 2.98. The van der Waals surface area contributed by atoms with E-state index < -0.39 is 11.5 Å². The van der Waals surface area contributed by atoms with Crippen molar-refractivity contribution in [3.8, 4) is 0 Å². The van der Waals surface area contributed by atoms with Gasteiger partial charge in [0.2, 0.25) is 0 Å². The van der Waals surface area contributed by atoms with E-state index in [1.165, 1.54) is 6.07 Å². The molecule has 0 saturated carbocycles. The van der Waals surface area contributed by atoms with Crippen LogP contribution < -0.4 is 5.56 Å². The lowest BCUT2D eigenvalue weighted by Crippen LogP contribution is -2.06. The first-order valence-electron chi connectivity index (χ1n) is 3.81. The Morgan fingerprint density at radius 2 is 2.36 bits per heavy atom. The number of aryl methyl sites for hydroxylation is 1. The quantitative estimate of drug-likeness (QED) is 0.689. The third-order valence-electron chi connectivity index (χ3n) is 1.81. The van der Waals surface area contributed by atoms with Crippen LogP contribution in [-0.2, 0) is 0 Å². The zero-order chi connectivity index (χ0) is 10.3. The number of pyridine rings is 1. The highest BCUT2D eigenvalue weighted by atomic mass is 16.5. The van der Waals surface area contributed by atoms with E-state index in [1.54, 1.807) is 6.92 Å². The van der Waals surface area contributed by atoms with E-state index in [0.29, 0.717) is 5.69 Å². The lowest BCUT2D eigenvalue weighted by atomic mass is 10.1. The minimum Gasteiger partial charge on any atom is -0.478 e. The van der Waals surface area contributed by atoms with E-state index >= 15 is 0 Å². The Bertz CT molecular complexity index is 566. The number of carbonyl (C=O) groups is 1. The molecular formula is C8H6N2O4. The van der Waals surface area contributed by atoms with Gasteiger partial charge in [0.15, 0.2) is 0 Å². The van der Waals surface area contributed by atoms with E-state index in [2.05, 4.69) is 4.98 Å². The van der Waals surface area contributed by atoms with Crippen molar-refractivity contribution in [3.63, 3.8) is 0 Å². The molecule has 0 aliphatic rings. The summed E-state index contributed by atoms with van der Waals surface area (Å²) in [6.07, 6.45) is 0. The predicted octanol–water partition coefficient (Wildman–Crippen LogP) is 0.523. The van der Waals surface area contributed by atoms with Crippen molar-refractivity contribution in [2.45, 2.75) is 6.92 Å². The number of carboxylic acids is 1. The highest BCUT2D eigenvalue weighted by Gasteiger charge is 2.16. The van der Waals surface area contributed by atoms with Crippen molar-refractivity contribution in [2.75, 3.05) is 0 Å². The van der Waals surface area contributed by atoms with Crippen LogP contribution in [0.1, 0.15) is 16.1 Å². The number of H-pyrrole nitrogens is 1. The van der Waals surface area contributed by atoms with Crippen LogP contribution in [0.25, 0.3) is 11.1 Å². The Morgan fingerprint density at radius 1 is 1.64 bits per heavy atom. The Labute approximate surface area is 77.1 Å². The third-order valence-corrected chi connectivity index (χ3v) is 1.81. The molecular weight excluding hydrogens is 188 g/mol. The molecule has 0 atom stereocenters. The van der Waals surface area contributed by atoms with Gasteiger partial charge in [-0.25, -0.2) is 9.78 Å². The third kappa shape index (κ3) is 1.08. The smallest absolute Gasteiger partial charge is 0.336 e. The van der Waals surface area contributed by atoms with E-state index in [4.69, 9.17) is 9.63 Å². The summed E-state index contributed by atoms with van der Waals surface area (Å²) < 4.78 is 4.71. The SMILES string of the molecule is Cc1cc(C(=O)O)c2c(=O)[nH]oc2n1. The second-order valence-corrected chi connectivity index (χ2v) is 2.83. The van der Waals surface area contributed by atoms with Crippen LogP contribution in [0.2, 0.25) is 0 Å². The van der Waals surface area contributed by atoms with Gasteiger partial charge in [-0.05, 0) is 13.0 Å². The van der Waals surface area contributed by atoms with E-state index in [-0.39, 0.29) is 16.7 Å². The fourth-order valence-corrected chi connectivity index (χ4v) is 1.25. The molecule has 6 heteroatoms. The van der Waals surface area contributed by atoms with E-state index in [1.807, 2.05) is 5.16 Å². The molecule has 0 fully saturated rings. The summed E-state index contributed by atoms with van der Waals surface area (Å²) in [4.78, 5) is 25.8. The van der Waals surface area contributed by atoms with Gasteiger partial charge in [0.1, 0.15) is 5.39 Å². The number of rotatable bonds is 1. The van der Waals surface area contributed by atoms with Gasteiger partial charge in [-0.1, -0.05) is 0 Å². The van der Waals surface area contributed by atoms with Crippen molar-refractivity contribution in [2.24, 2.45) is 0 Å². The second-order valence-electron chi connectivity index (χ2n) is 2.83. The average molecular weight is 194 g/mol. The van der Waals surface area contributed by atoms with Crippen LogP contribution in [0.5, 0.6) is 0 Å². The van der Waals surface area contributed by atoms with Gasteiger partial charge in [-0.2, -0.15) is 5.16 Å². The van der Waals surface area contributed by atoms with Crippen molar-refractivity contribution < 1.29 is 14.4 Å². The van der Waals surface area contributed by atoms with E-state index in [9.17, 15) is 9.59 Å². The number of hydrogen-bond acceptors (Lipinski definition) is 4. The molecule has 2 N–H and O–H groups in total. The van der Waals surface area contributed by atoms with Crippen LogP contribution in [0.4, 0.5) is 0 Å². The molecule has 2 rings (SSSR count). The normalized spacial score (nSPS) is 10.6. The highest BCUT2D eigenvalue weighted by Crippen LogP contribution is 2.13. The van der Waals surface area contributed by atoms with Crippen molar-refractivity contribution >= 4 is 17.1 Å². The number of aromatic nitrogens is 2. The van der Waals surface area contributed by atoms with Crippen LogP contribution in [0.3, 0.4) is 0 Å². The van der Waals surface area contributed by atoms with Crippen molar-refractivity contribution in [3.05, 3.63) is 27.7 Å². The number of nitrogens with zero attached hydrogens (tertiary/aromatic N) is 1. The standard InChI is InChI=1S/C8H6N2O4/c1-3-2-4(8(12)13)5-6(11)10-14-7(5)9-3/h2H,1H3,(H,10,11)(H,12,13). The van der Waals surface area contributed by atoms with Crippen LogP contribution >= 0.6 is 0 Å². The average Bonchev–Trinajstić information content (AvgIpc) is 2.46. The second kappa shape index (κ2) is 2.69. The van der Waals surface area contributed by atoms with Gasteiger partial charge in [0, 0.05) is 5.69 Å². The maximum atomic E-state index is 11.2. The molecule has 0 radical (unpaired) electrons. The van der Waals surface area contributed by atoms with Gasteiger partial charge in [0.05, 0.1) is 5.56 Å². The molecule has 2 aromatic heterocycles. The van der Waals surface area contributed by atoms with Gasteiger partial charge in [-0.3, -0.25) is 4.79 Å². The fraction of sp³-hybridized carbons (Fsp3) is 0.125. The Kier molecular flexibility index (Phi) is 1.63. The van der Waals surface area contributed by atoms with Gasteiger partial charge in [0.25, 0.3) is 11.3 Å². The molecule has 2 aromatic rings. The molecule has 14 heavy (non-hydrogen) atoms. The van der Waals surface area contributed by atoms with Gasteiger partial charge >= 0.3 is 5.97 Å². The van der Waals surface area contributed by atoms with Gasteiger partial charge < -0.3 is 9.63 Å². The first-order valence-corrected chi connectivity index (χ1v) is 3.81. The zero-order valence-electron chi connectivity index (χ0n) is 7.20. The molecule has 0 aromatic carbocycles. The zero-order valence-corrected chi connectivity index (χ0v) is 7.20. The largest absolute Gasteiger partial charge is 0.478 e. The first-order chi connectivity index (χ1) is 6.59. The summed E-state index contributed by atoms with van der Waals surface area (Å²) >= 11 is 0. The number of aromatic carboxylic acids is 1. The Hall–Kier alpha value is -2.11. The monoisotopic (exact) mass is 194 g/mol. The van der Waals surface area contributed by atoms with E-state index in [0.717, 1.165) is 0 Å². The molecule has 2 heterocycles. The van der Waals surface area contributed by atoms with Crippen LogP contribution in [0, 0.1) is 6.92 Å². The summed E-state index contributed by atoms with van der Waals surface area (Å²) in [7, 11) is 0. The molecule has 0 bridgehead atoms. The fourth-order valence-electron chi connectivity index (χ4n) is 1.25. The molecule has 0 spiro atoms. The number of carboxylic acid groups (broad SMARTS) is 1. The summed E-state index contributed by atoms with van der Waals surface area (Å²) in [5.41, 5.74) is -0.169. The highest BCUT2D eigenvalue weighted by molar-refractivity contribution is 6.00. The number of hydrogen-bond donors (Lipinski definition) is 2. The molecule has 6 nitrogen and oxygen atoms in total. The summed E-state index contributed by atoms with van der Waals surface area (Å²) in [6.45, 7) is 1.62. The number of fused-ring (bicyclic) bond motifs is 1. The maximum Gasteiger partial charge on any atom is 0.336 e. The summed E-state index contributed by atoms with van der Waals surface area (Å²) in [5.74, 6) is -1.17. The molecule has 0 aliphatic heterocycles. The first kappa shape index (κ1) is 8.49. The number of aromatic amines is 1. The lowest BCUT2D eigenvalue weighted by molar-refractivity contribution is 0.0698. The lowest BCUT2D eigenvalue weighted by Gasteiger charge is -1.95. The van der Waals surface area contributed by atoms with Crippen LogP contribution in [-0.4, -0.2) is 21.2 Å². The predicted molar refractivity (Wildman–Crippen MR) is 46.3 cm³/mol. The molecule has 0 saturated heterocycles. The molecule has 0 aliphatic carbocycles. The maximum absolute atomic E-state index is 11.2. The molecule has 0 unspecified atom stereocenters. The molecule has 72 valence electrons. The number of nitrogens with one attached hydrogen (secondary N) is 1. The Morgan fingerprint density at radius 3 is 3.00 bits per heavy atom. The van der Waals surface area contributed by atoms with Crippen LogP contribution in [0.15, 0.2) is 15.4 Å². The van der Waals surface area contributed by atoms with Crippen molar-refractivity contribution in [1.29, 1.82) is 0 Å². The summed E-state index contributed by atoms with van der Waals surface area (Å²) in [5, 5.41) is 10.8. The topological polar surface area (TPSA) is 96.2 Å². The molecule has 0 amide bonds. The minimum absolute atomic E-state index is 0.0207. The summed E-state index contributed by atoms with van der Waals surface area (Å²) in [6, 6.07) is 1.33. The van der Waals surface area contributed by atoms with Gasteiger partial charge in [-0.15, -0.1) is 0 Å².